The lowest BCUT2D eigenvalue weighted by Crippen LogP contribution is -2.20. The van der Waals surface area contributed by atoms with E-state index in [4.69, 9.17) is 9.15 Å². The second-order valence-corrected chi connectivity index (χ2v) is 7.70. The molecule has 0 radical (unpaired) electrons. The van der Waals surface area contributed by atoms with Gasteiger partial charge in [0.25, 0.3) is 5.91 Å². The Morgan fingerprint density at radius 2 is 1.97 bits per heavy atom. The number of fused-ring (bicyclic) bond motifs is 1. The molecule has 0 fully saturated rings. The number of benzene rings is 3. The fourth-order valence-corrected chi connectivity index (χ4v) is 3.41. The molecule has 0 aliphatic rings. The molecule has 3 aromatic carbocycles. The van der Waals surface area contributed by atoms with Crippen molar-refractivity contribution >= 4 is 28.4 Å². The average molecular weight is 445 g/mol. The number of aromatic nitrogens is 1. The van der Waals surface area contributed by atoms with Crippen molar-refractivity contribution in [2.24, 2.45) is 0 Å². The van der Waals surface area contributed by atoms with Crippen molar-refractivity contribution in [2.45, 2.75) is 26.2 Å². The molecule has 0 unspecified atom stereocenters. The number of anilines is 1. The summed E-state index contributed by atoms with van der Waals surface area (Å²) < 4.78 is 11.3. The highest BCUT2D eigenvalue weighted by molar-refractivity contribution is 5.92. The van der Waals surface area contributed by atoms with E-state index in [-0.39, 0.29) is 18.0 Å². The molecule has 1 heterocycles. The van der Waals surface area contributed by atoms with Crippen LogP contribution in [0.1, 0.15) is 31.7 Å². The van der Waals surface area contributed by atoms with E-state index in [1.54, 1.807) is 24.3 Å². The van der Waals surface area contributed by atoms with Gasteiger partial charge in [-0.2, -0.15) is 0 Å². The van der Waals surface area contributed by atoms with Crippen molar-refractivity contribution in [3.05, 3.63) is 82.4 Å². The Labute approximate surface area is 190 Å². The molecule has 1 N–H and O–H groups in total. The number of amides is 1. The fourth-order valence-electron chi connectivity index (χ4n) is 3.41. The van der Waals surface area contributed by atoms with Crippen LogP contribution >= 0.6 is 0 Å². The van der Waals surface area contributed by atoms with Crippen LogP contribution in [0.4, 0.5) is 11.4 Å². The van der Waals surface area contributed by atoms with Gasteiger partial charge in [-0.15, -0.1) is 0 Å². The summed E-state index contributed by atoms with van der Waals surface area (Å²) in [7, 11) is 0. The summed E-state index contributed by atoms with van der Waals surface area (Å²) in [6.07, 6.45) is 1.04. The van der Waals surface area contributed by atoms with Crippen molar-refractivity contribution < 1.29 is 18.9 Å². The van der Waals surface area contributed by atoms with Crippen molar-refractivity contribution in [3.63, 3.8) is 0 Å². The predicted octanol–water partition coefficient (Wildman–Crippen LogP) is 5.93. The van der Waals surface area contributed by atoms with Gasteiger partial charge in [-0.25, -0.2) is 4.98 Å². The maximum absolute atomic E-state index is 12.3. The maximum Gasteiger partial charge on any atom is 0.310 e. The molecule has 1 amide bonds. The molecule has 0 saturated carbocycles. The Morgan fingerprint density at radius 3 is 2.76 bits per heavy atom. The number of ether oxygens (including phenoxy) is 1. The van der Waals surface area contributed by atoms with Crippen LogP contribution < -0.4 is 10.1 Å². The minimum Gasteiger partial charge on any atom is -0.477 e. The van der Waals surface area contributed by atoms with Crippen LogP contribution in [0.25, 0.3) is 22.6 Å². The van der Waals surface area contributed by atoms with Crippen LogP contribution in [0.3, 0.4) is 0 Å². The van der Waals surface area contributed by atoms with Gasteiger partial charge in [-0.05, 0) is 54.3 Å². The number of rotatable bonds is 8. The van der Waals surface area contributed by atoms with E-state index < -0.39 is 10.8 Å². The molecule has 0 aliphatic heterocycles. The first-order valence-electron chi connectivity index (χ1n) is 10.6. The molecule has 33 heavy (non-hydrogen) atoms. The Bertz CT molecular complexity index is 1310. The molecule has 4 rings (SSSR count). The van der Waals surface area contributed by atoms with E-state index in [9.17, 15) is 14.9 Å². The van der Waals surface area contributed by atoms with Crippen molar-refractivity contribution in [3.8, 4) is 17.2 Å². The Balaban J connectivity index is 1.47. The smallest absolute Gasteiger partial charge is 0.310 e. The minimum absolute atomic E-state index is 0.0367. The monoisotopic (exact) mass is 445 g/mol. The van der Waals surface area contributed by atoms with Crippen LogP contribution in [0.2, 0.25) is 0 Å². The maximum atomic E-state index is 12.3. The van der Waals surface area contributed by atoms with Gasteiger partial charge in [0.1, 0.15) is 5.52 Å². The SMILES string of the molecule is CC[C@H](C)c1ccc2oc(-c3cccc(NC(=O)COc4ccccc4[N+](=O)[O-])c3)nc2c1. The lowest BCUT2D eigenvalue weighted by molar-refractivity contribution is -0.385. The minimum atomic E-state index is -0.553. The molecule has 0 bridgehead atoms. The third kappa shape index (κ3) is 5.01. The number of carbonyl (C=O) groups excluding carboxylic acids is 1. The second-order valence-electron chi connectivity index (χ2n) is 7.70. The van der Waals surface area contributed by atoms with E-state index >= 15 is 0 Å². The number of nitrogens with zero attached hydrogens (tertiary/aromatic N) is 2. The van der Waals surface area contributed by atoms with E-state index in [2.05, 4.69) is 30.2 Å². The van der Waals surface area contributed by atoms with E-state index in [1.165, 1.54) is 23.8 Å². The summed E-state index contributed by atoms with van der Waals surface area (Å²) in [5.74, 6) is 0.488. The molecular formula is C25H23N3O5. The summed E-state index contributed by atoms with van der Waals surface area (Å²) in [6, 6.07) is 19.1. The fraction of sp³-hybridized carbons (Fsp3) is 0.200. The normalized spacial score (nSPS) is 11.8. The third-order valence-electron chi connectivity index (χ3n) is 5.41. The standard InChI is InChI=1S/C25H23N3O5/c1-3-16(2)17-11-12-22-20(14-17)27-25(33-22)18-7-6-8-19(13-18)26-24(29)15-32-23-10-5-4-9-21(23)28(30)31/h4-14,16H,3,15H2,1-2H3,(H,26,29)/t16-/m0/s1. The van der Waals surface area contributed by atoms with Gasteiger partial charge in [-0.1, -0.05) is 38.1 Å². The zero-order valence-corrected chi connectivity index (χ0v) is 18.3. The predicted molar refractivity (Wildman–Crippen MR) is 125 cm³/mol. The third-order valence-corrected chi connectivity index (χ3v) is 5.41. The van der Waals surface area contributed by atoms with E-state index in [0.717, 1.165) is 11.9 Å². The lowest BCUT2D eigenvalue weighted by Gasteiger charge is -2.08. The average Bonchev–Trinajstić information content (AvgIpc) is 3.26. The Morgan fingerprint density at radius 1 is 1.15 bits per heavy atom. The lowest BCUT2D eigenvalue weighted by atomic mass is 9.98. The number of hydrogen-bond acceptors (Lipinski definition) is 6. The molecule has 168 valence electrons. The van der Waals surface area contributed by atoms with Gasteiger partial charge < -0.3 is 14.5 Å². The first-order valence-corrected chi connectivity index (χ1v) is 10.6. The van der Waals surface area contributed by atoms with E-state index in [1.807, 2.05) is 18.2 Å². The van der Waals surface area contributed by atoms with Gasteiger partial charge in [0.05, 0.1) is 4.92 Å². The molecule has 4 aromatic rings. The van der Waals surface area contributed by atoms with Crippen LogP contribution in [-0.2, 0) is 4.79 Å². The van der Waals surface area contributed by atoms with Crippen LogP contribution in [0, 0.1) is 10.1 Å². The second kappa shape index (κ2) is 9.52. The zero-order valence-electron chi connectivity index (χ0n) is 18.3. The number of nitrogens with one attached hydrogen (secondary N) is 1. The summed E-state index contributed by atoms with van der Waals surface area (Å²) in [5.41, 5.74) is 3.75. The quantitative estimate of drug-likeness (QED) is 0.266. The van der Waals surface area contributed by atoms with Gasteiger partial charge in [0.2, 0.25) is 5.89 Å². The first kappa shape index (κ1) is 22.0. The number of oxazole rings is 1. The molecule has 8 heteroatoms. The van der Waals surface area contributed by atoms with Crippen molar-refractivity contribution in [1.82, 2.24) is 4.98 Å². The summed E-state index contributed by atoms with van der Waals surface area (Å²) in [6.45, 7) is 3.96. The van der Waals surface area contributed by atoms with Crippen LogP contribution in [-0.4, -0.2) is 22.4 Å². The summed E-state index contributed by atoms with van der Waals surface area (Å²) in [4.78, 5) is 27.5. The molecule has 8 nitrogen and oxygen atoms in total. The van der Waals surface area contributed by atoms with Gasteiger partial charge in [0.15, 0.2) is 17.9 Å². The highest BCUT2D eigenvalue weighted by atomic mass is 16.6. The Hall–Kier alpha value is -4.20. The molecule has 1 atom stereocenters. The topological polar surface area (TPSA) is 108 Å². The van der Waals surface area contributed by atoms with E-state index in [0.29, 0.717) is 28.6 Å². The van der Waals surface area contributed by atoms with Crippen molar-refractivity contribution in [2.75, 3.05) is 11.9 Å². The first-order chi connectivity index (χ1) is 15.9. The molecule has 0 spiro atoms. The molecule has 0 aliphatic carbocycles. The zero-order chi connectivity index (χ0) is 23.4. The summed E-state index contributed by atoms with van der Waals surface area (Å²) >= 11 is 0. The largest absolute Gasteiger partial charge is 0.477 e. The highest BCUT2D eigenvalue weighted by Crippen LogP contribution is 2.29. The number of carbonyl (C=O) groups is 1. The van der Waals surface area contributed by atoms with Crippen LogP contribution in [0.5, 0.6) is 5.75 Å². The van der Waals surface area contributed by atoms with Crippen molar-refractivity contribution in [1.29, 1.82) is 0 Å². The summed E-state index contributed by atoms with van der Waals surface area (Å²) in [5, 5.41) is 13.8. The molecule has 1 aromatic heterocycles. The number of nitro groups is 1. The molecular weight excluding hydrogens is 422 g/mol. The number of hydrogen-bond donors (Lipinski definition) is 1. The number of para-hydroxylation sites is 2. The van der Waals surface area contributed by atoms with Gasteiger partial charge in [-0.3, -0.25) is 14.9 Å². The number of nitro benzene ring substituents is 1. The van der Waals surface area contributed by atoms with Gasteiger partial charge >= 0.3 is 5.69 Å². The van der Waals surface area contributed by atoms with Gasteiger partial charge in [0, 0.05) is 17.3 Å². The highest BCUT2D eigenvalue weighted by Gasteiger charge is 2.16. The van der Waals surface area contributed by atoms with Crippen LogP contribution in [0.15, 0.2) is 71.1 Å². The Kier molecular flexibility index (Phi) is 6.35. The molecule has 0 saturated heterocycles.